The number of rotatable bonds is 34. The number of allylic oxidation sites excluding steroid dienone is 1. The van der Waals surface area contributed by atoms with Crippen molar-refractivity contribution in [2.45, 2.75) is 235 Å². The van der Waals surface area contributed by atoms with E-state index in [1.807, 2.05) is 75.3 Å². The molecule has 23 nitrogen and oxygen atoms in total. The third-order valence-electron chi connectivity index (χ3n) is 13.9. The van der Waals surface area contributed by atoms with Gasteiger partial charge in [-0.2, -0.15) is 0 Å². The van der Waals surface area contributed by atoms with Crippen molar-refractivity contribution in [3.63, 3.8) is 0 Å². The number of nitrogens with one attached hydrogen (secondary N) is 9. The largest absolute Gasteiger partial charge is 0.390 e. The minimum atomic E-state index is -1.76. The molecule has 8 unspecified atom stereocenters. The predicted molar refractivity (Wildman–Crippen MR) is 306 cm³/mol. The second-order valence-corrected chi connectivity index (χ2v) is 25.1. The lowest BCUT2D eigenvalue weighted by molar-refractivity contribution is -0.140. The van der Waals surface area contributed by atoms with E-state index >= 15 is 0 Å². The maximum absolute atomic E-state index is 14.2. The Balaban J connectivity index is 3.26. The van der Waals surface area contributed by atoms with Crippen LogP contribution in [0.3, 0.4) is 0 Å². The Morgan fingerprint density at radius 3 is 1.68 bits per heavy atom. The van der Waals surface area contributed by atoms with Gasteiger partial charge in [0.2, 0.25) is 59.1 Å². The Morgan fingerprint density at radius 2 is 1.15 bits per heavy atom. The summed E-state index contributed by atoms with van der Waals surface area (Å²) < 4.78 is 0. The SMILES string of the molecule is CC[C@@H](C)/C=C/C(=O)N1CC(C)CC1C(=O)NC(CC(C)C)C(=O)NC(C(=O)NC(C)(C)C(=O)NC(CC(C)C)C(=O)NC(CC(C)C)C(=O)NC(C)(C)C(=O)NC(C)(C)C(=O)NCCC(=O)NC(C)CCCON)C(O)C(C)C. The molecule has 0 saturated carbocycles. The second kappa shape index (κ2) is 33.3. The molecule has 0 spiro atoms. The molecule has 1 aliphatic heterocycles. The quantitative estimate of drug-likeness (QED) is 0.0251. The topological polar surface area (TPSA) is 338 Å². The Morgan fingerprint density at radius 1 is 0.650 bits per heavy atom. The van der Waals surface area contributed by atoms with E-state index in [0.29, 0.717) is 32.4 Å². The maximum Gasteiger partial charge on any atom is 0.246 e. The highest BCUT2D eigenvalue weighted by Crippen LogP contribution is 2.25. The van der Waals surface area contributed by atoms with Crippen molar-refractivity contribution >= 4 is 59.1 Å². The number of carbonyl (C=O) groups is 10. The number of hydrogen-bond donors (Lipinski definition) is 11. The second-order valence-electron chi connectivity index (χ2n) is 25.1. The normalized spacial score (nSPS) is 17.7. The molecule has 0 bridgehead atoms. The van der Waals surface area contributed by atoms with Crippen molar-refractivity contribution in [3.8, 4) is 0 Å². The van der Waals surface area contributed by atoms with Crippen molar-refractivity contribution in [1.82, 2.24) is 52.8 Å². The van der Waals surface area contributed by atoms with Crippen molar-refractivity contribution in [3.05, 3.63) is 12.2 Å². The lowest BCUT2D eigenvalue weighted by Crippen LogP contribution is -2.66. The van der Waals surface area contributed by atoms with Crippen molar-refractivity contribution in [2.75, 3.05) is 19.7 Å². The Bertz CT molecular complexity index is 2130. The van der Waals surface area contributed by atoms with E-state index in [0.717, 1.165) is 6.42 Å². The van der Waals surface area contributed by atoms with Crippen LogP contribution in [0.5, 0.6) is 0 Å². The Kier molecular flexibility index (Phi) is 30.1. The van der Waals surface area contributed by atoms with Crippen LogP contribution in [0.2, 0.25) is 0 Å². The minimum Gasteiger partial charge on any atom is -0.390 e. The van der Waals surface area contributed by atoms with Gasteiger partial charge in [0, 0.05) is 25.6 Å². The van der Waals surface area contributed by atoms with Gasteiger partial charge >= 0.3 is 0 Å². The van der Waals surface area contributed by atoms with Gasteiger partial charge in [-0.25, -0.2) is 5.90 Å². The van der Waals surface area contributed by atoms with Crippen LogP contribution in [-0.2, 0) is 52.8 Å². The summed E-state index contributed by atoms with van der Waals surface area (Å²) in [5, 5.41) is 35.8. The Labute approximate surface area is 476 Å². The van der Waals surface area contributed by atoms with Crippen LogP contribution in [0.4, 0.5) is 0 Å². The molecule has 1 saturated heterocycles. The summed E-state index contributed by atoms with van der Waals surface area (Å²) in [6, 6.07) is -6.17. The minimum absolute atomic E-state index is 0.00205. The van der Waals surface area contributed by atoms with E-state index in [1.165, 1.54) is 52.5 Å². The molecule has 80 heavy (non-hydrogen) atoms. The molecule has 0 radical (unpaired) electrons. The first-order valence-corrected chi connectivity index (χ1v) is 28.6. The molecule has 1 aliphatic rings. The van der Waals surface area contributed by atoms with Crippen molar-refractivity contribution < 1.29 is 57.9 Å². The fourth-order valence-corrected chi connectivity index (χ4v) is 8.74. The molecule has 0 aliphatic carbocycles. The Hall–Kier alpha value is -5.68. The maximum atomic E-state index is 14.2. The van der Waals surface area contributed by atoms with Gasteiger partial charge in [0.05, 0.1) is 12.7 Å². The molecule has 12 N–H and O–H groups in total. The summed E-state index contributed by atoms with van der Waals surface area (Å²) in [6.45, 7) is 31.4. The molecule has 458 valence electrons. The summed E-state index contributed by atoms with van der Waals surface area (Å²) in [5.41, 5.74) is -4.85. The lowest BCUT2D eigenvalue weighted by Gasteiger charge is -2.34. The number of hydrogen-bond acceptors (Lipinski definition) is 13. The molecule has 10 amide bonds. The van der Waals surface area contributed by atoms with E-state index < -0.39 is 106 Å². The van der Waals surface area contributed by atoms with Crippen molar-refractivity contribution in [2.24, 2.45) is 41.4 Å². The molecule has 9 atom stereocenters. The molecule has 1 rings (SSSR count). The van der Waals surface area contributed by atoms with Crippen LogP contribution in [0.25, 0.3) is 0 Å². The molecule has 0 aromatic rings. The van der Waals surface area contributed by atoms with E-state index in [2.05, 4.69) is 52.7 Å². The van der Waals surface area contributed by atoms with Gasteiger partial charge in [-0.15, -0.1) is 0 Å². The number of nitrogens with zero attached hydrogens (tertiary/aromatic N) is 1. The zero-order valence-electron chi connectivity index (χ0n) is 51.4. The predicted octanol–water partition coefficient (Wildman–Crippen LogP) is 2.29. The van der Waals surface area contributed by atoms with Crippen LogP contribution < -0.4 is 53.7 Å². The van der Waals surface area contributed by atoms with E-state index in [-0.39, 0.29) is 79.7 Å². The van der Waals surface area contributed by atoms with Gasteiger partial charge in [0.1, 0.15) is 46.8 Å². The van der Waals surface area contributed by atoms with E-state index in [4.69, 9.17) is 5.90 Å². The number of likely N-dealkylation sites (tertiary alicyclic amines) is 1. The van der Waals surface area contributed by atoms with Gasteiger partial charge in [-0.3, -0.25) is 47.9 Å². The number of aliphatic hydroxyl groups is 1. The highest BCUT2D eigenvalue weighted by molar-refractivity contribution is 6.00. The number of nitrogens with two attached hydrogens (primary N) is 1. The third-order valence-corrected chi connectivity index (χ3v) is 13.9. The smallest absolute Gasteiger partial charge is 0.246 e. The van der Waals surface area contributed by atoms with E-state index in [1.54, 1.807) is 13.8 Å². The summed E-state index contributed by atoms with van der Waals surface area (Å²) in [4.78, 5) is 143. The first-order chi connectivity index (χ1) is 36.9. The molecule has 0 aromatic heterocycles. The van der Waals surface area contributed by atoms with Crippen LogP contribution in [0.15, 0.2) is 12.2 Å². The zero-order chi connectivity index (χ0) is 61.6. The van der Waals surface area contributed by atoms with Gasteiger partial charge in [0.25, 0.3) is 0 Å². The molecule has 0 aromatic carbocycles. The van der Waals surface area contributed by atoms with Crippen LogP contribution in [0.1, 0.15) is 176 Å². The molecule has 1 heterocycles. The highest BCUT2D eigenvalue weighted by atomic mass is 16.6. The van der Waals surface area contributed by atoms with Crippen LogP contribution in [-0.4, -0.2) is 148 Å². The summed E-state index contributed by atoms with van der Waals surface area (Å²) >= 11 is 0. The fourth-order valence-electron chi connectivity index (χ4n) is 8.74. The van der Waals surface area contributed by atoms with Crippen LogP contribution >= 0.6 is 0 Å². The number of aliphatic hydroxyl groups excluding tert-OH is 1. The number of carbonyl (C=O) groups excluding carboxylic acids is 10. The highest BCUT2D eigenvalue weighted by Gasteiger charge is 2.43. The number of amides is 10. The zero-order valence-corrected chi connectivity index (χ0v) is 51.4. The standard InChI is InChI=1S/C57H103N11O12/c1-19-36(10)22-23-44(70)68-31-37(11)30-42(68)50(75)62-39(27-32(2)3)48(73)64-45(46(71)35(8)9)51(76)66-56(15,16)53(78)63-40(28-33(4)5)47(72)61-41(29-34(6)7)49(74)65-57(17,18)54(79)67-55(13,14)52(77)59-25-24-43(69)60-38(12)21-20-26-80-58/h22-23,32-42,45-46,71H,19-21,24-31,58H2,1-18H3,(H,59,77)(H,60,69)(H,61,72)(H,62,75)(H,63,78)(H,64,73)(H,65,74)(H,66,76)(H,67,79)/b23-22+/t36-,37?,38?,39?,40?,41?,42?,45?,46?/m1/s1. The monoisotopic (exact) mass is 1130 g/mol. The molecular weight excluding hydrogens is 1030 g/mol. The summed E-state index contributed by atoms with van der Waals surface area (Å²) in [6.07, 6.45) is 4.74. The van der Waals surface area contributed by atoms with Gasteiger partial charge < -0.3 is 62.7 Å². The average molecular weight is 1130 g/mol. The molecule has 1 fully saturated rings. The van der Waals surface area contributed by atoms with Crippen molar-refractivity contribution in [1.29, 1.82) is 0 Å². The third kappa shape index (κ3) is 25.0. The first-order valence-electron chi connectivity index (χ1n) is 28.6. The van der Waals surface area contributed by atoms with Gasteiger partial charge in [0.15, 0.2) is 0 Å². The summed E-state index contributed by atoms with van der Waals surface area (Å²) in [5.74, 6) is -2.06. The fraction of sp³-hybridized carbons (Fsp3) is 0.789. The average Bonchev–Trinajstić information content (AvgIpc) is 3.74. The first kappa shape index (κ1) is 72.3. The van der Waals surface area contributed by atoms with E-state index in [9.17, 15) is 53.1 Å². The summed E-state index contributed by atoms with van der Waals surface area (Å²) in [7, 11) is 0. The van der Waals surface area contributed by atoms with Gasteiger partial charge in [-0.1, -0.05) is 88.7 Å². The van der Waals surface area contributed by atoms with Gasteiger partial charge in [-0.05, 0) is 129 Å². The molecular formula is C57H103N11O12. The molecule has 23 heteroatoms. The van der Waals surface area contributed by atoms with Crippen LogP contribution in [0, 0.1) is 35.5 Å². The lowest BCUT2D eigenvalue weighted by atomic mass is 9.95.